The molecule has 0 saturated heterocycles. The van der Waals surface area contributed by atoms with E-state index in [1.165, 1.54) is 6.42 Å². The molecule has 1 unspecified atom stereocenters. The van der Waals surface area contributed by atoms with Crippen molar-refractivity contribution in [3.05, 3.63) is 293 Å². The highest BCUT2D eigenvalue weighted by molar-refractivity contribution is 6.32. The summed E-state index contributed by atoms with van der Waals surface area (Å²) in [7, 11) is 8.23. The molecule has 0 aromatic heterocycles. The van der Waals surface area contributed by atoms with Crippen molar-refractivity contribution in [3.8, 4) is 55.6 Å². The maximum Gasteiger partial charge on any atom is 0.251 e. The molecule has 10 aromatic rings. The third-order valence-corrected chi connectivity index (χ3v) is 19.5. The van der Waals surface area contributed by atoms with Crippen LogP contribution in [-0.2, 0) is 56.7 Å². The van der Waals surface area contributed by atoms with Crippen LogP contribution >= 0.6 is 58.0 Å². The minimum Gasteiger partial charge on any atom is -0.394 e. The Morgan fingerprint density at radius 3 is 0.851 bits per heavy atom. The molecular formula is C93H102Cl5N5O11. The van der Waals surface area contributed by atoms with E-state index in [0.29, 0.717) is 111 Å². The zero-order chi connectivity index (χ0) is 82.4. The first kappa shape index (κ1) is 90.3. The number of halogens is 5. The monoisotopic (exact) mass is 1640 g/mol. The zero-order valence-corrected chi connectivity index (χ0v) is 70.2. The summed E-state index contributed by atoms with van der Waals surface area (Å²) < 4.78 is 26.4. The van der Waals surface area contributed by atoms with Crippen molar-refractivity contribution in [1.29, 1.82) is 0 Å². The molecule has 0 bridgehead atoms. The number of carbonyl (C=O) groups excluding carboxylic acids is 5. The molecule has 114 heavy (non-hydrogen) atoms. The van der Waals surface area contributed by atoms with Gasteiger partial charge in [-0.05, 0) is 270 Å². The molecule has 2 saturated carbocycles. The average Bonchev–Trinajstić information content (AvgIpc) is 1.24. The van der Waals surface area contributed by atoms with Crippen LogP contribution in [0.2, 0.25) is 25.1 Å². The number of carbonyl (C=O) groups is 5. The molecule has 2 aliphatic rings. The molecule has 5 amide bonds. The first-order valence-electron chi connectivity index (χ1n) is 37.7. The summed E-state index contributed by atoms with van der Waals surface area (Å²) >= 11 is 29.7. The predicted octanol–water partition coefficient (Wildman–Crippen LogP) is 21.0. The smallest absolute Gasteiger partial charge is 0.251 e. The zero-order valence-electron chi connectivity index (χ0n) is 66.4. The van der Waals surface area contributed by atoms with Gasteiger partial charge in [0.2, 0.25) is 0 Å². The van der Waals surface area contributed by atoms with Gasteiger partial charge in [0.05, 0.1) is 39.6 Å². The van der Waals surface area contributed by atoms with Crippen LogP contribution in [0.3, 0.4) is 0 Å². The summed E-state index contributed by atoms with van der Waals surface area (Å²) in [6.07, 6.45) is 5.54. The van der Waals surface area contributed by atoms with Crippen molar-refractivity contribution in [2.75, 3.05) is 48.7 Å². The van der Waals surface area contributed by atoms with Crippen LogP contribution in [0.25, 0.3) is 55.6 Å². The fraction of sp³-hybridized carbons (Fsp3) is 0.301. The number of amides is 5. The van der Waals surface area contributed by atoms with E-state index in [9.17, 15) is 24.0 Å². The highest BCUT2D eigenvalue weighted by Gasteiger charge is 2.26. The number of aliphatic hydroxyl groups is 1. The maximum atomic E-state index is 12.3. The third kappa shape index (κ3) is 28.3. The summed E-state index contributed by atoms with van der Waals surface area (Å²) in [6.45, 7) is 14.5. The molecule has 6 N–H and O–H groups in total. The fourth-order valence-electron chi connectivity index (χ4n) is 12.1. The summed E-state index contributed by atoms with van der Waals surface area (Å²) in [5.41, 5.74) is 18.2. The molecule has 16 nitrogen and oxygen atoms in total. The van der Waals surface area contributed by atoms with Crippen molar-refractivity contribution in [2.24, 2.45) is 5.92 Å². The lowest BCUT2D eigenvalue weighted by molar-refractivity contribution is 0.0908. The lowest BCUT2D eigenvalue weighted by atomic mass is 9.92. The second-order valence-electron chi connectivity index (χ2n) is 29.3. The average molecular weight is 1640 g/mol. The number of hydrogen-bond acceptors (Lipinski definition) is 11. The van der Waals surface area contributed by atoms with Gasteiger partial charge in [-0.1, -0.05) is 163 Å². The van der Waals surface area contributed by atoms with Crippen molar-refractivity contribution in [3.63, 3.8) is 0 Å². The molecule has 2 aliphatic carbocycles. The number of ether oxygens (including phenoxy) is 5. The van der Waals surface area contributed by atoms with Gasteiger partial charge in [-0.2, -0.15) is 0 Å². The van der Waals surface area contributed by atoms with Crippen LogP contribution in [-0.4, -0.2) is 107 Å². The van der Waals surface area contributed by atoms with Gasteiger partial charge in [0.15, 0.2) is 0 Å². The normalized spacial score (nSPS) is 12.5. The van der Waals surface area contributed by atoms with Gasteiger partial charge < -0.3 is 55.4 Å². The molecule has 10 aromatic carbocycles. The molecule has 0 aliphatic heterocycles. The van der Waals surface area contributed by atoms with Crippen LogP contribution in [0.5, 0.6) is 0 Å². The van der Waals surface area contributed by atoms with E-state index in [2.05, 4.69) is 40.4 Å². The molecular weight excluding hydrogens is 1540 g/mol. The highest BCUT2D eigenvalue weighted by Crippen LogP contribution is 2.34. The SMILES string of the molecule is COCc1cc(C(=O)NC(C)(C)C)ccc1-c1ccc(Cl)cc1.COCc1cc(C(=O)NC(C)CO)ccc1-c1ccc(Cl)cc1.COCc1cc(C(=O)NC2CC2)ccc1-c1ccc(Cl)cc1.COCc1cc(C(=O)NC2CCC2)ccc1-c1ccc(Cl)cc1.COCc1cc(C(=O)NCC(C)C)ccc1-c1ccc(Cl)cc1. The largest absolute Gasteiger partial charge is 0.394 e. The van der Waals surface area contributed by atoms with Crippen LogP contribution in [0.1, 0.15) is 153 Å². The van der Waals surface area contributed by atoms with Gasteiger partial charge in [-0.25, -0.2) is 0 Å². The number of hydrogen-bond donors (Lipinski definition) is 6. The Kier molecular flexibility index (Phi) is 35.8. The Morgan fingerprint density at radius 2 is 0.623 bits per heavy atom. The molecule has 2 fully saturated rings. The third-order valence-electron chi connectivity index (χ3n) is 18.3. The van der Waals surface area contributed by atoms with E-state index in [0.717, 1.165) is 109 Å². The van der Waals surface area contributed by atoms with E-state index in [4.69, 9.17) is 86.8 Å². The van der Waals surface area contributed by atoms with Gasteiger partial charge in [0.1, 0.15) is 0 Å². The van der Waals surface area contributed by atoms with E-state index in [-0.39, 0.29) is 47.7 Å². The Labute approximate surface area is 695 Å². The lowest BCUT2D eigenvalue weighted by Gasteiger charge is -2.26. The highest BCUT2D eigenvalue weighted by atomic mass is 35.5. The summed E-state index contributed by atoms with van der Waals surface area (Å²) in [5.74, 6) is 0.0470. The van der Waals surface area contributed by atoms with Crippen LogP contribution in [0.15, 0.2) is 212 Å². The minimum absolute atomic E-state index is 0.00490. The maximum absolute atomic E-state index is 12.3. The molecule has 1 atom stereocenters. The summed E-state index contributed by atoms with van der Waals surface area (Å²) in [5, 5.41) is 27.3. The Morgan fingerprint density at radius 1 is 0.368 bits per heavy atom. The van der Waals surface area contributed by atoms with Crippen molar-refractivity contribution < 1.29 is 52.8 Å². The molecule has 600 valence electrons. The van der Waals surface area contributed by atoms with Gasteiger partial charge in [-0.3, -0.25) is 24.0 Å². The number of methoxy groups -OCH3 is 5. The summed E-state index contributed by atoms with van der Waals surface area (Å²) in [6, 6.07) is 66.9. The number of benzene rings is 10. The quantitative estimate of drug-likeness (QED) is 0.0300. The number of aliphatic hydroxyl groups excluding tert-OH is 1. The second-order valence-corrected chi connectivity index (χ2v) is 31.5. The molecule has 21 heteroatoms. The van der Waals surface area contributed by atoms with Crippen LogP contribution < -0.4 is 26.6 Å². The fourth-order valence-corrected chi connectivity index (χ4v) is 12.7. The van der Waals surface area contributed by atoms with Crippen molar-refractivity contribution >= 4 is 87.5 Å². The number of nitrogens with one attached hydrogen (secondary N) is 5. The van der Waals surface area contributed by atoms with E-state index in [1.807, 2.05) is 227 Å². The van der Waals surface area contributed by atoms with Gasteiger partial charge in [0.25, 0.3) is 29.5 Å². The second kappa shape index (κ2) is 45.2. The van der Waals surface area contributed by atoms with Gasteiger partial charge in [-0.15, -0.1) is 0 Å². The minimum atomic E-state index is -0.288. The first-order chi connectivity index (χ1) is 54.7. The van der Waals surface area contributed by atoms with E-state index < -0.39 is 0 Å². The topological polar surface area (TPSA) is 212 Å². The molecule has 0 radical (unpaired) electrons. The van der Waals surface area contributed by atoms with Crippen molar-refractivity contribution in [1.82, 2.24) is 26.6 Å². The van der Waals surface area contributed by atoms with Gasteiger partial charge >= 0.3 is 0 Å². The lowest BCUT2D eigenvalue weighted by Crippen LogP contribution is -2.40. The van der Waals surface area contributed by atoms with Gasteiger partial charge in [0, 0.05) is 119 Å². The Bertz CT molecular complexity index is 4690. The van der Waals surface area contributed by atoms with E-state index >= 15 is 0 Å². The van der Waals surface area contributed by atoms with Crippen molar-refractivity contribution in [2.45, 2.75) is 130 Å². The molecule has 0 spiro atoms. The van der Waals surface area contributed by atoms with Crippen LogP contribution in [0.4, 0.5) is 0 Å². The first-order valence-corrected chi connectivity index (χ1v) is 39.6. The summed E-state index contributed by atoms with van der Waals surface area (Å²) in [4.78, 5) is 61.3. The molecule has 0 heterocycles. The Balaban J connectivity index is 0.000000178. The standard InChI is InChI=1S/C19H20ClNO2.2C19H22ClNO2.C18H20ClNO3.C18H18ClNO2/c1-23-12-15-11-14(19(22)21-17-3-2-4-17)7-10-18(15)13-5-8-16(20)9-6-13;1-19(2,3)21-18(22)14-7-10-17(15(11-14)12-23-4)13-5-8-16(20)9-6-13;1-13(2)11-21-19(22)15-6-9-18(16(10-15)12-23-3)14-4-7-17(20)8-5-14;1-12(10-21)20-18(22)14-5-8-17(15(9-14)11-23-2)13-3-6-16(19)7-4-13;1-22-11-14-10-13(18(21)20-16-7-8-16)4-9-17(14)12-2-5-15(19)6-3-12/h5-11,17H,2-4,12H2,1H3,(H,21,22);5-11H,12H2,1-4H3,(H,21,22);4-10,13H,11-12H2,1-3H3,(H,21,22);3-9,12,21H,10-11H2,1-2H3,(H,20,22);2-6,9-10,16H,7-8,11H2,1H3,(H,20,21). The van der Waals surface area contributed by atoms with E-state index in [1.54, 1.807) is 48.5 Å². The van der Waals surface area contributed by atoms with Crippen LogP contribution in [0, 0.1) is 5.92 Å². The Hall–Kier alpha value is -9.24. The molecule has 12 rings (SSSR count). The number of rotatable bonds is 26. The predicted molar refractivity (Wildman–Crippen MR) is 462 cm³/mol.